The van der Waals surface area contributed by atoms with Gasteiger partial charge in [-0.05, 0) is 42.7 Å². The van der Waals surface area contributed by atoms with E-state index in [2.05, 4.69) is 5.32 Å². The Hall–Kier alpha value is -2.47. The summed E-state index contributed by atoms with van der Waals surface area (Å²) >= 11 is 0. The molecule has 2 N–H and O–H groups in total. The van der Waals surface area contributed by atoms with Gasteiger partial charge in [-0.25, -0.2) is 16.8 Å². The Morgan fingerprint density at radius 3 is 2.22 bits per heavy atom. The van der Waals surface area contributed by atoms with Gasteiger partial charge in [-0.3, -0.25) is 4.79 Å². The third-order valence-corrected chi connectivity index (χ3v) is 8.92. The number of ether oxygens (including phenoxy) is 1. The molecule has 37 heavy (non-hydrogen) atoms. The number of sulfonamides is 1. The lowest BCUT2D eigenvalue weighted by atomic mass is 10.00. The molecule has 3 atom stereocenters. The number of hydrogen-bond donors (Lipinski definition) is 2. The van der Waals surface area contributed by atoms with Crippen LogP contribution in [0.1, 0.15) is 32.3 Å². The van der Waals surface area contributed by atoms with E-state index >= 15 is 0 Å². The second-order valence-electron chi connectivity index (χ2n) is 9.26. The third-order valence-electron chi connectivity index (χ3n) is 5.94. The number of nitrogens with zero attached hydrogens (tertiary/aromatic N) is 1. The highest BCUT2D eigenvalue weighted by molar-refractivity contribution is 7.90. The Kier molecular flexibility index (Phi) is 11.5. The molecule has 0 saturated carbocycles. The van der Waals surface area contributed by atoms with Crippen LogP contribution in [0, 0.1) is 5.92 Å². The predicted octanol–water partition coefficient (Wildman–Crippen LogP) is 2.26. The zero-order valence-corrected chi connectivity index (χ0v) is 23.5. The number of rotatable bonds is 15. The number of nitrogens with one attached hydrogen (secondary N) is 1. The zero-order valence-electron chi connectivity index (χ0n) is 21.8. The number of carbonyl (C=O) groups is 1. The van der Waals surface area contributed by atoms with Crippen LogP contribution in [0.4, 0.5) is 0 Å². The highest BCUT2D eigenvalue weighted by atomic mass is 32.2. The number of aliphatic hydroxyl groups is 1. The van der Waals surface area contributed by atoms with Crippen molar-refractivity contribution in [2.45, 2.75) is 50.2 Å². The van der Waals surface area contributed by atoms with E-state index in [-0.39, 0.29) is 30.2 Å². The van der Waals surface area contributed by atoms with Crippen molar-refractivity contribution in [3.05, 3.63) is 60.2 Å². The SMILES string of the molecule is CCCCN(CC(O)C(Cc1ccccc1)NC(=O)C(C)CS(C)(=O)=O)S(=O)(=O)c1ccc(OC)cc1. The molecule has 0 aliphatic carbocycles. The summed E-state index contributed by atoms with van der Waals surface area (Å²) in [7, 11) is -5.84. The first-order chi connectivity index (χ1) is 17.4. The Morgan fingerprint density at radius 2 is 1.68 bits per heavy atom. The van der Waals surface area contributed by atoms with Crippen LogP contribution in [0.5, 0.6) is 5.75 Å². The minimum absolute atomic E-state index is 0.0713. The molecule has 206 valence electrons. The number of hydrogen-bond acceptors (Lipinski definition) is 7. The van der Waals surface area contributed by atoms with Gasteiger partial charge in [0.2, 0.25) is 15.9 Å². The Bertz CT molecular complexity index is 1200. The van der Waals surface area contributed by atoms with E-state index in [1.807, 2.05) is 37.3 Å². The van der Waals surface area contributed by atoms with Crippen LogP contribution in [0.3, 0.4) is 0 Å². The molecule has 0 aliphatic rings. The van der Waals surface area contributed by atoms with Crippen molar-refractivity contribution < 1.29 is 31.5 Å². The number of sulfone groups is 1. The molecule has 0 spiro atoms. The van der Waals surface area contributed by atoms with E-state index in [0.717, 1.165) is 18.2 Å². The maximum Gasteiger partial charge on any atom is 0.243 e. The first kappa shape index (κ1) is 30.8. The van der Waals surface area contributed by atoms with E-state index in [1.54, 1.807) is 12.1 Å². The molecule has 0 bridgehead atoms. The van der Waals surface area contributed by atoms with Gasteiger partial charge in [0.25, 0.3) is 0 Å². The topological polar surface area (TPSA) is 130 Å². The molecule has 0 saturated heterocycles. The zero-order chi connectivity index (χ0) is 27.6. The number of carbonyl (C=O) groups excluding carboxylic acids is 1. The van der Waals surface area contributed by atoms with Gasteiger partial charge in [-0.1, -0.05) is 50.6 Å². The standard InChI is InChI=1S/C26H38N2O7S2/c1-5-6-16-28(37(33,34)23-14-12-22(35-3)13-15-23)18-25(29)24(17-21-10-8-7-9-11-21)27-26(30)20(2)19-36(4,31)32/h7-15,20,24-25,29H,5-6,16-19H2,1-4H3,(H,27,30). The minimum atomic E-state index is -3.94. The highest BCUT2D eigenvalue weighted by Gasteiger charge is 2.31. The molecule has 0 radical (unpaired) electrons. The van der Waals surface area contributed by atoms with Crippen molar-refractivity contribution >= 4 is 25.8 Å². The Morgan fingerprint density at radius 1 is 1.05 bits per heavy atom. The summed E-state index contributed by atoms with van der Waals surface area (Å²) in [4.78, 5) is 12.9. The first-order valence-electron chi connectivity index (χ1n) is 12.2. The van der Waals surface area contributed by atoms with Gasteiger partial charge in [-0.15, -0.1) is 0 Å². The van der Waals surface area contributed by atoms with Crippen LogP contribution in [0.25, 0.3) is 0 Å². The van der Waals surface area contributed by atoms with Gasteiger partial charge in [0.15, 0.2) is 0 Å². The molecular formula is C26H38N2O7S2. The molecule has 2 rings (SSSR count). The van der Waals surface area contributed by atoms with E-state index in [0.29, 0.717) is 12.2 Å². The molecule has 2 aromatic rings. The summed E-state index contributed by atoms with van der Waals surface area (Å²) in [5, 5.41) is 14.0. The minimum Gasteiger partial charge on any atom is -0.497 e. The van der Waals surface area contributed by atoms with Crippen LogP contribution in [0.15, 0.2) is 59.5 Å². The third kappa shape index (κ3) is 9.73. The number of unbranched alkanes of at least 4 members (excludes halogenated alkanes) is 1. The van der Waals surface area contributed by atoms with Gasteiger partial charge in [-0.2, -0.15) is 4.31 Å². The summed E-state index contributed by atoms with van der Waals surface area (Å²) in [6.45, 7) is 3.39. The van der Waals surface area contributed by atoms with Gasteiger partial charge in [0.05, 0.1) is 29.9 Å². The normalized spacial score (nSPS) is 14.6. The van der Waals surface area contributed by atoms with E-state index in [9.17, 15) is 26.7 Å². The van der Waals surface area contributed by atoms with Crippen LogP contribution in [-0.2, 0) is 31.1 Å². The second-order valence-corrected chi connectivity index (χ2v) is 13.4. The quantitative estimate of drug-likeness (QED) is 0.345. The summed E-state index contributed by atoms with van der Waals surface area (Å²) < 4.78 is 56.6. The lowest BCUT2D eigenvalue weighted by Gasteiger charge is -2.30. The lowest BCUT2D eigenvalue weighted by molar-refractivity contribution is -0.125. The fraction of sp³-hybridized carbons (Fsp3) is 0.500. The van der Waals surface area contributed by atoms with Crippen LogP contribution in [-0.4, -0.2) is 76.5 Å². The lowest BCUT2D eigenvalue weighted by Crippen LogP contribution is -2.52. The van der Waals surface area contributed by atoms with E-state index < -0.39 is 43.8 Å². The van der Waals surface area contributed by atoms with E-state index in [1.165, 1.54) is 30.5 Å². The summed E-state index contributed by atoms with van der Waals surface area (Å²) in [6.07, 6.45) is 1.38. The molecule has 0 aromatic heterocycles. The molecule has 0 fully saturated rings. The molecule has 9 nitrogen and oxygen atoms in total. The average molecular weight is 555 g/mol. The van der Waals surface area contributed by atoms with E-state index in [4.69, 9.17) is 4.74 Å². The van der Waals surface area contributed by atoms with Crippen molar-refractivity contribution in [2.75, 3.05) is 32.2 Å². The molecule has 0 heterocycles. The fourth-order valence-corrected chi connectivity index (χ4v) is 6.44. The molecule has 0 aliphatic heterocycles. The van der Waals surface area contributed by atoms with Crippen molar-refractivity contribution in [2.24, 2.45) is 5.92 Å². The number of benzene rings is 2. The maximum absolute atomic E-state index is 13.5. The van der Waals surface area contributed by atoms with Gasteiger partial charge in [0, 0.05) is 25.3 Å². The van der Waals surface area contributed by atoms with Gasteiger partial charge in [0.1, 0.15) is 15.6 Å². The maximum atomic E-state index is 13.5. The Labute approximate surface area is 220 Å². The molecule has 3 unspecified atom stereocenters. The molecular weight excluding hydrogens is 516 g/mol. The second kappa shape index (κ2) is 13.9. The smallest absolute Gasteiger partial charge is 0.243 e. The summed E-state index contributed by atoms with van der Waals surface area (Å²) in [6, 6.07) is 14.4. The van der Waals surface area contributed by atoms with Crippen molar-refractivity contribution in [3.63, 3.8) is 0 Å². The fourth-order valence-electron chi connectivity index (χ4n) is 3.88. The first-order valence-corrected chi connectivity index (χ1v) is 15.7. The van der Waals surface area contributed by atoms with Crippen molar-refractivity contribution in [1.29, 1.82) is 0 Å². The average Bonchev–Trinajstić information content (AvgIpc) is 2.85. The Balaban J connectivity index is 2.31. The highest BCUT2D eigenvalue weighted by Crippen LogP contribution is 2.21. The summed E-state index contributed by atoms with van der Waals surface area (Å²) in [5.41, 5.74) is 0.834. The largest absolute Gasteiger partial charge is 0.497 e. The van der Waals surface area contributed by atoms with Crippen molar-refractivity contribution in [1.82, 2.24) is 9.62 Å². The monoisotopic (exact) mass is 554 g/mol. The molecule has 2 aromatic carbocycles. The summed E-state index contributed by atoms with van der Waals surface area (Å²) in [5.74, 6) is -1.17. The van der Waals surface area contributed by atoms with Crippen LogP contribution >= 0.6 is 0 Å². The number of methoxy groups -OCH3 is 1. The van der Waals surface area contributed by atoms with Crippen LogP contribution < -0.4 is 10.1 Å². The van der Waals surface area contributed by atoms with Crippen LogP contribution in [0.2, 0.25) is 0 Å². The van der Waals surface area contributed by atoms with Gasteiger partial charge < -0.3 is 15.2 Å². The molecule has 11 heteroatoms. The number of amides is 1. The van der Waals surface area contributed by atoms with Crippen molar-refractivity contribution in [3.8, 4) is 5.75 Å². The predicted molar refractivity (Wildman–Crippen MR) is 144 cm³/mol. The van der Waals surface area contributed by atoms with Gasteiger partial charge >= 0.3 is 0 Å². The molecule has 1 amide bonds. The number of aliphatic hydroxyl groups excluding tert-OH is 1.